The van der Waals surface area contributed by atoms with E-state index in [1.165, 1.54) is 4.88 Å². The van der Waals surface area contributed by atoms with Gasteiger partial charge >= 0.3 is 0 Å². The lowest BCUT2D eigenvalue weighted by Crippen LogP contribution is -2.38. The molecule has 0 radical (unpaired) electrons. The fourth-order valence-electron chi connectivity index (χ4n) is 2.48. The summed E-state index contributed by atoms with van der Waals surface area (Å²) in [5.74, 6) is 1.18. The second kappa shape index (κ2) is 6.58. The fraction of sp³-hybridized carbons (Fsp3) is 0.312. The molecule has 2 aromatic rings. The van der Waals surface area contributed by atoms with Crippen LogP contribution in [0, 0.1) is 0 Å². The zero-order valence-corrected chi connectivity index (χ0v) is 13.7. The second-order valence-electron chi connectivity index (χ2n) is 5.00. The molecular weight excluding hydrogens is 322 g/mol. The van der Waals surface area contributed by atoms with Gasteiger partial charge in [-0.2, -0.15) is 0 Å². The predicted octanol–water partition coefficient (Wildman–Crippen LogP) is 3.37. The van der Waals surface area contributed by atoms with E-state index in [-0.39, 0.29) is 12.5 Å². The van der Waals surface area contributed by atoms with Crippen molar-refractivity contribution < 1.29 is 14.3 Å². The number of thiophene rings is 1. The SMILES string of the molecule is COc1ccccc1OCC(=O)N1CCc2sc(Cl)cc2C1. The van der Waals surface area contributed by atoms with Crippen LogP contribution >= 0.6 is 22.9 Å². The molecular formula is C16H16ClNO3S. The van der Waals surface area contributed by atoms with Crippen LogP contribution in [0.4, 0.5) is 0 Å². The highest BCUT2D eigenvalue weighted by Gasteiger charge is 2.23. The van der Waals surface area contributed by atoms with E-state index in [2.05, 4.69) is 0 Å². The fourth-order valence-corrected chi connectivity index (χ4v) is 3.77. The normalized spacial score (nSPS) is 13.6. The molecule has 0 N–H and O–H groups in total. The number of amides is 1. The smallest absolute Gasteiger partial charge is 0.260 e. The number of halogens is 1. The summed E-state index contributed by atoms with van der Waals surface area (Å²) in [5.41, 5.74) is 1.15. The van der Waals surface area contributed by atoms with E-state index in [9.17, 15) is 4.79 Å². The summed E-state index contributed by atoms with van der Waals surface area (Å²) in [6.45, 7) is 1.32. The van der Waals surface area contributed by atoms with E-state index in [0.29, 0.717) is 24.6 Å². The largest absolute Gasteiger partial charge is 0.493 e. The molecule has 0 saturated carbocycles. The first-order chi connectivity index (χ1) is 10.7. The molecule has 0 unspecified atom stereocenters. The quantitative estimate of drug-likeness (QED) is 0.858. The molecule has 2 heterocycles. The molecule has 1 amide bonds. The Labute approximate surface area is 138 Å². The van der Waals surface area contributed by atoms with Gasteiger partial charge in [-0.25, -0.2) is 0 Å². The van der Waals surface area contributed by atoms with Crippen LogP contribution in [-0.2, 0) is 17.8 Å². The number of ether oxygens (including phenoxy) is 2. The molecule has 0 saturated heterocycles. The molecule has 0 fully saturated rings. The zero-order valence-electron chi connectivity index (χ0n) is 12.2. The van der Waals surface area contributed by atoms with Gasteiger partial charge < -0.3 is 14.4 Å². The summed E-state index contributed by atoms with van der Waals surface area (Å²) in [7, 11) is 1.58. The van der Waals surface area contributed by atoms with Crippen molar-refractivity contribution in [1.29, 1.82) is 0 Å². The third-order valence-electron chi connectivity index (χ3n) is 3.61. The van der Waals surface area contributed by atoms with Crippen LogP contribution in [0.5, 0.6) is 11.5 Å². The summed E-state index contributed by atoms with van der Waals surface area (Å²) in [5, 5.41) is 0. The zero-order chi connectivity index (χ0) is 15.5. The number of para-hydroxylation sites is 2. The third-order valence-corrected chi connectivity index (χ3v) is 4.98. The molecule has 0 atom stereocenters. The Kier molecular flexibility index (Phi) is 4.55. The minimum absolute atomic E-state index is 0.00752. The van der Waals surface area contributed by atoms with E-state index < -0.39 is 0 Å². The molecule has 0 spiro atoms. The second-order valence-corrected chi connectivity index (χ2v) is 6.77. The Morgan fingerprint density at radius 2 is 2.14 bits per heavy atom. The highest BCUT2D eigenvalue weighted by molar-refractivity contribution is 7.16. The number of methoxy groups -OCH3 is 1. The molecule has 1 aliphatic rings. The Morgan fingerprint density at radius 3 is 2.91 bits per heavy atom. The maximum absolute atomic E-state index is 12.3. The maximum Gasteiger partial charge on any atom is 0.260 e. The van der Waals surface area contributed by atoms with Crippen molar-refractivity contribution >= 4 is 28.8 Å². The van der Waals surface area contributed by atoms with Gasteiger partial charge in [0.05, 0.1) is 11.4 Å². The molecule has 6 heteroatoms. The molecule has 1 aromatic carbocycles. The van der Waals surface area contributed by atoms with Crippen LogP contribution in [0.1, 0.15) is 10.4 Å². The van der Waals surface area contributed by atoms with Gasteiger partial charge in [0, 0.05) is 18.0 Å². The predicted molar refractivity (Wildman–Crippen MR) is 86.9 cm³/mol. The topological polar surface area (TPSA) is 38.8 Å². The number of rotatable bonds is 4. The van der Waals surface area contributed by atoms with Crippen LogP contribution in [0.15, 0.2) is 30.3 Å². The number of carbonyl (C=O) groups is 1. The number of benzene rings is 1. The third kappa shape index (κ3) is 3.20. The average molecular weight is 338 g/mol. The first-order valence-electron chi connectivity index (χ1n) is 6.98. The summed E-state index contributed by atoms with van der Waals surface area (Å²) in [4.78, 5) is 15.4. The Bertz CT molecular complexity index is 686. The van der Waals surface area contributed by atoms with Crippen LogP contribution < -0.4 is 9.47 Å². The van der Waals surface area contributed by atoms with Crippen molar-refractivity contribution in [2.45, 2.75) is 13.0 Å². The minimum Gasteiger partial charge on any atom is -0.493 e. The molecule has 22 heavy (non-hydrogen) atoms. The monoisotopic (exact) mass is 337 g/mol. The first kappa shape index (κ1) is 15.2. The van der Waals surface area contributed by atoms with Crippen LogP contribution in [0.3, 0.4) is 0 Å². The van der Waals surface area contributed by atoms with E-state index in [1.54, 1.807) is 35.5 Å². The summed E-state index contributed by atoms with van der Waals surface area (Å²) in [6, 6.07) is 9.25. The molecule has 4 nitrogen and oxygen atoms in total. The van der Waals surface area contributed by atoms with Gasteiger partial charge in [-0.05, 0) is 30.2 Å². The molecule has 116 valence electrons. The van der Waals surface area contributed by atoms with Crippen molar-refractivity contribution in [3.63, 3.8) is 0 Å². The average Bonchev–Trinajstić information content (AvgIpc) is 2.91. The molecule has 3 rings (SSSR count). The number of carbonyl (C=O) groups excluding carboxylic acids is 1. The van der Waals surface area contributed by atoms with Crippen molar-refractivity contribution in [2.24, 2.45) is 0 Å². The molecule has 1 aliphatic heterocycles. The van der Waals surface area contributed by atoms with Gasteiger partial charge in [0.1, 0.15) is 0 Å². The number of fused-ring (bicyclic) bond motifs is 1. The highest BCUT2D eigenvalue weighted by Crippen LogP contribution is 2.31. The summed E-state index contributed by atoms with van der Waals surface area (Å²) in [6.07, 6.45) is 0.854. The molecule has 1 aromatic heterocycles. The Morgan fingerprint density at radius 1 is 1.36 bits per heavy atom. The lowest BCUT2D eigenvalue weighted by molar-refractivity contribution is -0.134. The van der Waals surface area contributed by atoms with Crippen LogP contribution in [-0.4, -0.2) is 31.1 Å². The Hall–Kier alpha value is -1.72. The van der Waals surface area contributed by atoms with E-state index in [0.717, 1.165) is 16.3 Å². The van der Waals surface area contributed by atoms with Crippen molar-refractivity contribution in [3.8, 4) is 11.5 Å². The highest BCUT2D eigenvalue weighted by atomic mass is 35.5. The van der Waals surface area contributed by atoms with Gasteiger partial charge in [-0.3, -0.25) is 4.79 Å². The lowest BCUT2D eigenvalue weighted by Gasteiger charge is -2.27. The summed E-state index contributed by atoms with van der Waals surface area (Å²) >= 11 is 7.63. The van der Waals surface area contributed by atoms with Crippen LogP contribution in [0.25, 0.3) is 0 Å². The lowest BCUT2D eigenvalue weighted by atomic mass is 10.1. The van der Waals surface area contributed by atoms with E-state index >= 15 is 0 Å². The van der Waals surface area contributed by atoms with Gasteiger partial charge in [0.25, 0.3) is 5.91 Å². The van der Waals surface area contributed by atoms with Crippen molar-refractivity contribution in [3.05, 3.63) is 45.1 Å². The van der Waals surface area contributed by atoms with Crippen molar-refractivity contribution in [2.75, 3.05) is 20.3 Å². The van der Waals surface area contributed by atoms with E-state index in [4.69, 9.17) is 21.1 Å². The minimum atomic E-state index is -0.0288. The Balaban J connectivity index is 1.61. The number of hydrogen-bond donors (Lipinski definition) is 0. The first-order valence-corrected chi connectivity index (χ1v) is 8.17. The molecule has 0 aliphatic carbocycles. The number of nitrogens with zero attached hydrogens (tertiary/aromatic N) is 1. The van der Waals surface area contributed by atoms with E-state index in [1.807, 2.05) is 18.2 Å². The standard InChI is InChI=1S/C16H16ClNO3S/c1-20-12-4-2-3-5-13(12)21-10-16(19)18-7-6-14-11(9-18)8-15(17)22-14/h2-5,8H,6-7,9-10H2,1H3. The summed E-state index contributed by atoms with van der Waals surface area (Å²) < 4.78 is 11.6. The molecule has 0 bridgehead atoms. The van der Waals surface area contributed by atoms with Gasteiger partial charge in [-0.15, -0.1) is 11.3 Å². The van der Waals surface area contributed by atoms with Crippen LogP contribution in [0.2, 0.25) is 4.34 Å². The number of hydrogen-bond acceptors (Lipinski definition) is 4. The van der Waals surface area contributed by atoms with Gasteiger partial charge in [0.2, 0.25) is 0 Å². The van der Waals surface area contributed by atoms with Crippen molar-refractivity contribution in [1.82, 2.24) is 4.90 Å². The maximum atomic E-state index is 12.3. The van der Waals surface area contributed by atoms with Gasteiger partial charge in [-0.1, -0.05) is 23.7 Å². The van der Waals surface area contributed by atoms with Gasteiger partial charge in [0.15, 0.2) is 18.1 Å².